The van der Waals surface area contributed by atoms with Crippen LogP contribution < -0.4 is 5.32 Å². The lowest BCUT2D eigenvalue weighted by molar-refractivity contribution is -0.129. The first-order valence-electron chi connectivity index (χ1n) is 6.73. The van der Waals surface area contributed by atoms with Crippen LogP contribution in [0.1, 0.15) is 38.2 Å². The van der Waals surface area contributed by atoms with Crippen molar-refractivity contribution in [2.24, 2.45) is 5.16 Å². The van der Waals surface area contributed by atoms with Crippen molar-refractivity contribution >= 4 is 17.3 Å². The van der Waals surface area contributed by atoms with Crippen LogP contribution in [0.15, 0.2) is 29.4 Å². The number of hydrogen-bond acceptors (Lipinski definition) is 4. The maximum absolute atomic E-state index is 12.1. The molecule has 0 atom stereocenters. The second-order valence-electron chi connectivity index (χ2n) is 5.23. The predicted molar refractivity (Wildman–Crippen MR) is 77.3 cm³/mol. The third kappa shape index (κ3) is 3.17. The summed E-state index contributed by atoms with van der Waals surface area (Å²) in [5, 5.41) is 14.8. The monoisotopic (exact) mass is 276 g/mol. The Bertz CT molecular complexity index is 516. The van der Waals surface area contributed by atoms with E-state index in [1.165, 1.54) is 0 Å². The van der Waals surface area contributed by atoms with Gasteiger partial charge in [-0.05, 0) is 38.3 Å². The van der Waals surface area contributed by atoms with Gasteiger partial charge in [0.1, 0.15) is 0 Å². The number of methoxy groups -OCH3 is 1. The van der Waals surface area contributed by atoms with Gasteiger partial charge < -0.3 is 15.3 Å². The zero-order valence-electron chi connectivity index (χ0n) is 11.8. The number of benzene rings is 1. The summed E-state index contributed by atoms with van der Waals surface area (Å²) in [7, 11) is 1.66. The molecule has 2 N–H and O–H groups in total. The number of hydrogen-bond donors (Lipinski definition) is 2. The van der Waals surface area contributed by atoms with E-state index < -0.39 is 0 Å². The fourth-order valence-electron chi connectivity index (χ4n) is 2.40. The van der Waals surface area contributed by atoms with Gasteiger partial charge in [0, 0.05) is 18.4 Å². The highest BCUT2D eigenvalue weighted by atomic mass is 16.5. The molecule has 1 amide bonds. The fraction of sp³-hybridized carbons (Fsp3) is 0.467. The van der Waals surface area contributed by atoms with E-state index in [0.717, 1.165) is 24.8 Å². The number of anilines is 1. The van der Waals surface area contributed by atoms with E-state index in [0.29, 0.717) is 17.8 Å². The molecule has 0 spiro atoms. The van der Waals surface area contributed by atoms with Gasteiger partial charge in [0.05, 0.1) is 17.7 Å². The van der Waals surface area contributed by atoms with Gasteiger partial charge in [-0.15, -0.1) is 0 Å². The Kier molecular flexibility index (Phi) is 4.39. The van der Waals surface area contributed by atoms with Crippen molar-refractivity contribution in [2.75, 3.05) is 12.4 Å². The normalized spacial score (nSPS) is 17.4. The predicted octanol–water partition coefficient (Wildman–Crippen LogP) is 2.78. The van der Waals surface area contributed by atoms with Gasteiger partial charge in [-0.1, -0.05) is 17.3 Å². The molecule has 1 aliphatic rings. The van der Waals surface area contributed by atoms with E-state index >= 15 is 0 Å². The van der Waals surface area contributed by atoms with Gasteiger partial charge in [-0.2, -0.15) is 0 Å². The summed E-state index contributed by atoms with van der Waals surface area (Å²) in [4.78, 5) is 12.1. The van der Waals surface area contributed by atoms with E-state index in [9.17, 15) is 4.79 Å². The number of nitrogens with one attached hydrogen (secondary N) is 1. The van der Waals surface area contributed by atoms with Crippen molar-refractivity contribution < 1.29 is 14.7 Å². The van der Waals surface area contributed by atoms with Gasteiger partial charge in [0.15, 0.2) is 0 Å². The lowest BCUT2D eigenvalue weighted by Crippen LogP contribution is -2.42. The average Bonchev–Trinajstić information content (AvgIpc) is 2.42. The van der Waals surface area contributed by atoms with Crippen molar-refractivity contribution in [3.8, 4) is 0 Å². The minimum absolute atomic E-state index is 0.0534. The highest BCUT2D eigenvalue weighted by Crippen LogP contribution is 2.38. The summed E-state index contributed by atoms with van der Waals surface area (Å²) < 4.78 is 5.45. The zero-order valence-corrected chi connectivity index (χ0v) is 11.8. The fourth-order valence-corrected chi connectivity index (χ4v) is 2.40. The Morgan fingerprint density at radius 2 is 2.25 bits per heavy atom. The number of ether oxygens (including phenoxy) is 1. The van der Waals surface area contributed by atoms with Crippen molar-refractivity contribution in [1.82, 2.24) is 0 Å². The Balaban J connectivity index is 2.01. The lowest BCUT2D eigenvalue weighted by atomic mass is 9.77. The molecule has 1 aromatic rings. The standard InChI is InChI=1S/C15H20N2O3/c1-11(17-19)12-5-3-6-13(9-12)16-14(18)10-15(20-2)7-4-8-15/h3,5-6,9,19H,4,7-8,10H2,1-2H3,(H,16,18)/b17-11+. The molecule has 1 saturated carbocycles. The molecule has 0 radical (unpaired) electrons. The molecule has 0 aliphatic heterocycles. The van der Waals surface area contributed by atoms with Crippen LogP contribution in [-0.2, 0) is 9.53 Å². The van der Waals surface area contributed by atoms with Crippen LogP contribution in [0.5, 0.6) is 0 Å². The molecule has 0 aromatic heterocycles. The number of amides is 1. The van der Waals surface area contributed by atoms with Crippen molar-refractivity contribution in [3.05, 3.63) is 29.8 Å². The zero-order chi connectivity index (χ0) is 14.6. The lowest BCUT2D eigenvalue weighted by Gasteiger charge is -2.39. The van der Waals surface area contributed by atoms with Crippen LogP contribution in [-0.4, -0.2) is 29.5 Å². The number of carbonyl (C=O) groups is 1. The summed E-state index contributed by atoms with van der Waals surface area (Å²) >= 11 is 0. The highest BCUT2D eigenvalue weighted by molar-refractivity contribution is 6.00. The summed E-state index contributed by atoms with van der Waals surface area (Å²) in [6.07, 6.45) is 3.37. The van der Waals surface area contributed by atoms with Gasteiger partial charge in [-0.25, -0.2) is 0 Å². The van der Waals surface area contributed by atoms with Crippen LogP contribution in [0.25, 0.3) is 0 Å². The third-order valence-corrected chi connectivity index (χ3v) is 3.89. The van der Waals surface area contributed by atoms with E-state index in [1.807, 2.05) is 18.2 Å². The Labute approximate surface area is 118 Å². The first-order chi connectivity index (χ1) is 9.58. The van der Waals surface area contributed by atoms with Crippen molar-refractivity contribution in [1.29, 1.82) is 0 Å². The van der Waals surface area contributed by atoms with E-state index in [1.54, 1.807) is 20.1 Å². The molecule has 20 heavy (non-hydrogen) atoms. The molecule has 108 valence electrons. The molecule has 5 heteroatoms. The summed E-state index contributed by atoms with van der Waals surface area (Å²) in [5.41, 5.74) is 1.70. The van der Waals surface area contributed by atoms with Crippen LogP contribution in [0.2, 0.25) is 0 Å². The Morgan fingerprint density at radius 3 is 2.80 bits per heavy atom. The van der Waals surface area contributed by atoms with Gasteiger partial charge in [0.2, 0.25) is 5.91 Å². The number of rotatable bonds is 5. The van der Waals surface area contributed by atoms with Crippen LogP contribution in [0.4, 0.5) is 5.69 Å². The maximum atomic E-state index is 12.1. The van der Waals surface area contributed by atoms with E-state index in [4.69, 9.17) is 9.94 Å². The Morgan fingerprint density at radius 1 is 1.50 bits per heavy atom. The summed E-state index contributed by atoms with van der Waals surface area (Å²) in [6, 6.07) is 7.24. The molecule has 1 aromatic carbocycles. The second kappa shape index (κ2) is 6.05. The quantitative estimate of drug-likeness (QED) is 0.493. The van der Waals surface area contributed by atoms with Crippen LogP contribution in [0, 0.1) is 0 Å². The van der Waals surface area contributed by atoms with Crippen LogP contribution >= 0.6 is 0 Å². The molecule has 1 fully saturated rings. The molecule has 1 aliphatic carbocycles. The van der Waals surface area contributed by atoms with Crippen LogP contribution in [0.3, 0.4) is 0 Å². The molecule has 0 bridgehead atoms. The molecule has 0 unspecified atom stereocenters. The number of oxime groups is 1. The average molecular weight is 276 g/mol. The molecular formula is C15H20N2O3. The first kappa shape index (κ1) is 14.5. The maximum Gasteiger partial charge on any atom is 0.227 e. The second-order valence-corrected chi connectivity index (χ2v) is 5.23. The molecule has 2 rings (SSSR count). The SMILES string of the molecule is COC1(CC(=O)Nc2cccc(/C(C)=N/O)c2)CCC1. The Hall–Kier alpha value is -1.88. The smallest absolute Gasteiger partial charge is 0.227 e. The number of nitrogens with zero attached hydrogens (tertiary/aromatic N) is 1. The topological polar surface area (TPSA) is 70.9 Å². The minimum Gasteiger partial charge on any atom is -0.411 e. The first-order valence-corrected chi connectivity index (χ1v) is 6.73. The molecular weight excluding hydrogens is 256 g/mol. The third-order valence-electron chi connectivity index (χ3n) is 3.89. The molecule has 5 nitrogen and oxygen atoms in total. The number of carbonyl (C=O) groups excluding carboxylic acids is 1. The van der Waals surface area contributed by atoms with Gasteiger partial charge in [-0.3, -0.25) is 4.79 Å². The molecule has 0 heterocycles. The van der Waals surface area contributed by atoms with E-state index in [2.05, 4.69) is 10.5 Å². The van der Waals surface area contributed by atoms with E-state index in [-0.39, 0.29) is 11.5 Å². The van der Waals surface area contributed by atoms with Crippen molar-refractivity contribution in [3.63, 3.8) is 0 Å². The largest absolute Gasteiger partial charge is 0.411 e. The van der Waals surface area contributed by atoms with Gasteiger partial charge >= 0.3 is 0 Å². The highest BCUT2D eigenvalue weighted by Gasteiger charge is 2.38. The minimum atomic E-state index is -0.274. The molecule has 0 saturated heterocycles. The van der Waals surface area contributed by atoms with Crippen molar-refractivity contribution in [2.45, 2.75) is 38.2 Å². The summed E-state index contributed by atoms with van der Waals surface area (Å²) in [6.45, 7) is 1.70. The van der Waals surface area contributed by atoms with Gasteiger partial charge in [0.25, 0.3) is 0 Å². The summed E-state index contributed by atoms with van der Waals surface area (Å²) in [5.74, 6) is -0.0534.